The number of hydrogen-bond donors (Lipinski definition) is 1. The number of nitrogens with two attached hydrogens (primary N) is 1. The molecule has 116 valence electrons. The van der Waals surface area contributed by atoms with Gasteiger partial charge in [0.25, 0.3) is 0 Å². The lowest BCUT2D eigenvalue weighted by molar-refractivity contribution is 0.141. The van der Waals surface area contributed by atoms with E-state index in [1.165, 1.54) is 50.9 Å². The summed E-state index contributed by atoms with van der Waals surface area (Å²) in [7, 11) is 0. The Labute approximate surface area is 133 Å². The van der Waals surface area contributed by atoms with Gasteiger partial charge in [-0.2, -0.15) is 0 Å². The lowest BCUT2D eigenvalue weighted by Gasteiger charge is -2.41. The highest BCUT2D eigenvalue weighted by molar-refractivity contribution is 6.31. The van der Waals surface area contributed by atoms with Crippen LogP contribution in [-0.4, -0.2) is 37.1 Å². The van der Waals surface area contributed by atoms with Gasteiger partial charge in [0.15, 0.2) is 0 Å². The van der Waals surface area contributed by atoms with Gasteiger partial charge in [0.1, 0.15) is 0 Å². The van der Waals surface area contributed by atoms with Crippen LogP contribution < -0.4 is 10.6 Å². The lowest BCUT2D eigenvalue weighted by atomic mass is 9.99. The molecule has 0 amide bonds. The fourth-order valence-electron chi connectivity index (χ4n) is 3.80. The quantitative estimate of drug-likeness (QED) is 0.930. The van der Waals surface area contributed by atoms with Crippen molar-refractivity contribution in [2.24, 2.45) is 5.73 Å². The molecule has 0 aliphatic carbocycles. The summed E-state index contributed by atoms with van der Waals surface area (Å²) in [5.41, 5.74) is 8.21. The van der Waals surface area contributed by atoms with Crippen LogP contribution in [0.1, 0.15) is 37.7 Å². The molecule has 0 radical (unpaired) electrons. The SMILES string of the molecule is NCc1c(Cl)cccc1N1CCC(N2CCCCC2)CC1. The number of rotatable bonds is 3. The normalized spacial score (nSPS) is 21.7. The van der Waals surface area contributed by atoms with E-state index in [0.717, 1.165) is 29.7 Å². The fourth-order valence-corrected chi connectivity index (χ4v) is 4.05. The molecule has 2 aliphatic heterocycles. The summed E-state index contributed by atoms with van der Waals surface area (Å²) < 4.78 is 0. The van der Waals surface area contributed by atoms with Crippen molar-refractivity contribution in [2.75, 3.05) is 31.1 Å². The van der Waals surface area contributed by atoms with Crippen molar-refractivity contribution in [3.63, 3.8) is 0 Å². The lowest BCUT2D eigenvalue weighted by Crippen LogP contribution is -2.47. The second-order valence-electron chi connectivity index (χ2n) is 6.26. The van der Waals surface area contributed by atoms with Crippen LogP contribution in [0.2, 0.25) is 5.02 Å². The highest BCUT2D eigenvalue weighted by atomic mass is 35.5. The largest absolute Gasteiger partial charge is 0.371 e. The summed E-state index contributed by atoms with van der Waals surface area (Å²) in [5.74, 6) is 0. The molecule has 1 aromatic rings. The van der Waals surface area contributed by atoms with E-state index in [-0.39, 0.29) is 0 Å². The van der Waals surface area contributed by atoms with E-state index in [9.17, 15) is 0 Å². The van der Waals surface area contributed by atoms with Gasteiger partial charge in [-0.3, -0.25) is 0 Å². The van der Waals surface area contributed by atoms with Crippen molar-refractivity contribution in [1.29, 1.82) is 0 Å². The Morgan fingerprint density at radius 2 is 1.76 bits per heavy atom. The van der Waals surface area contributed by atoms with Gasteiger partial charge >= 0.3 is 0 Å². The molecule has 2 saturated heterocycles. The summed E-state index contributed by atoms with van der Waals surface area (Å²) in [4.78, 5) is 5.18. The Hall–Kier alpha value is -0.770. The Kier molecular flexibility index (Phi) is 5.04. The van der Waals surface area contributed by atoms with Crippen LogP contribution in [0, 0.1) is 0 Å². The van der Waals surface area contributed by atoms with E-state index in [1.807, 2.05) is 12.1 Å². The van der Waals surface area contributed by atoms with Crippen molar-refractivity contribution < 1.29 is 0 Å². The van der Waals surface area contributed by atoms with Crippen LogP contribution >= 0.6 is 11.6 Å². The summed E-state index contributed by atoms with van der Waals surface area (Å²) >= 11 is 6.28. The summed E-state index contributed by atoms with van der Waals surface area (Å²) in [6.07, 6.45) is 6.70. The van der Waals surface area contributed by atoms with Crippen LogP contribution in [0.4, 0.5) is 5.69 Å². The van der Waals surface area contributed by atoms with Gasteiger partial charge < -0.3 is 15.5 Å². The average molecular weight is 308 g/mol. The molecule has 2 heterocycles. The number of benzene rings is 1. The molecular weight excluding hydrogens is 282 g/mol. The van der Waals surface area contributed by atoms with Crippen molar-refractivity contribution in [3.05, 3.63) is 28.8 Å². The van der Waals surface area contributed by atoms with Gasteiger partial charge in [0, 0.05) is 41.9 Å². The Morgan fingerprint density at radius 3 is 2.43 bits per heavy atom. The maximum absolute atomic E-state index is 6.28. The highest BCUT2D eigenvalue weighted by Gasteiger charge is 2.26. The molecule has 4 heteroatoms. The van der Waals surface area contributed by atoms with Crippen LogP contribution in [0.15, 0.2) is 18.2 Å². The number of nitrogens with zero attached hydrogens (tertiary/aromatic N) is 2. The molecule has 21 heavy (non-hydrogen) atoms. The van der Waals surface area contributed by atoms with Crippen LogP contribution in [0.25, 0.3) is 0 Å². The van der Waals surface area contributed by atoms with E-state index >= 15 is 0 Å². The third-order valence-corrected chi connectivity index (χ3v) is 5.36. The summed E-state index contributed by atoms with van der Waals surface area (Å²) in [6.45, 7) is 5.36. The molecule has 2 N–H and O–H groups in total. The molecule has 0 aromatic heterocycles. The van der Waals surface area contributed by atoms with Gasteiger partial charge in [-0.25, -0.2) is 0 Å². The first-order valence-corrected chi connectivity index (χ1v) is 8.64. The van der Waals surface area contributed by atoms with E-state index in [4.69, 9.17) is 17.3 Å². The van der Waals surface area contributed by atoms with Crippen molar-refractivity contribution in [2.45, 2.75) is 44.7 Å². The molecule has 3 rings (SSSR count). The maximum Gasteiger partial charge on any atom is 0.0471 e. The molecule has 2 aliphatic rings. The topological polar surface area (TPSA) is 32.5 Å². The minimum Gasteiger partial charge on any atom is -0.371 e. The first kappa shape index (κ1) is 15.1. The van der Waals surface area contributed by atoms with Crippen LogP contribution in [0.5, 0.6) is 0 Å². The third kappa shape index (κ3) is 3.36. The number of piperidine rings is 2. The fraction of sp³-hybridized carbons (Fsp3) is 0.647. The van der Waals surface area contributed by atoms with E-state index in [1.54, 1.807) is 0 Å². The van der Waals surface area contributed by atoms with Crippen molar-refractivity contribution in [3.8, 4) is 0 Å². The van der Waals surface area contributed by atoms with Gasteiger partial charge in [0.05, 0.1) is 0 Å². The Balaban J connectivity index is 1.64. The predicted molar refractivity (Wildman–Crippen MR) is 90.0 cm³/mol. The van der Waals surface area contributed by atoms with Gasteiger partial charge in [-0.05, 0) is 50.9 Å². The second-order valence-corrected chi connectivity index (χ2v) is 6.66. The second kappa shape index (κ2) is 6.99. The first-order valence-electron chi connectivity index (χ1n) is 8.26. The number of halogens is 1. The minimum atomic E-state index is 0.515. The molecule has 2 fully saturated rings. The standard InChI is InChI=1S/C17H26ClN3/c18-16-5-4-6-17(15(16)13-19)21-11-7-14(8-12-21)20-9-2-1-3-10-20/h4-6,14H,1-3,7-13,19H2. The summed E-state index contributed by atoms with van der Waals surface area (Å²) in [6, 6.07) is 6.92. The third-order valence-electron chi connectivity index (χ3n) is 5.01. The molecule has 0 bridgehead atoms. The molecular formula is C17H26ClN3. The number of likely N-dealkylation sites (tertiary alicyclic amines) is 1. The van der Waals surface area contributed by atoms with Crippen molar-refractivity contribution >= 4 is 17.3 Å². The number of hydrogen-bond acceptors (Lipinski definition) is 3. The zero-order chi connectivity index (χ0) is 14.7. The zero-order valence-electron chi connectivity index (χ0n) is 12.7. The molecule has 0 atom stereocenters. The first-order chi connectivity index (χ1) is 10.3. The van der Waals surface area contributed by atoms with Crippen LogP contribution in [0.3, 0.4) is 0 Å². The number of anilines is 1. The monoisotopic (exact) mass is 307 g/mol. The molecule has 1 aromatic carbocycles. The van der Waals surface area contributed by atoms with Crippen LogP contribution in [-0.2, 0) is 6.54 Å². The molecule has 0 unspecified atom stereocenters. The van der Waals surface area contributed by atoms with E-state index in [2.05, 4.69) is 15.9 Å². The van der Waals surface area contributed by atoms with Gasteiger partial charge in [-0.1, -0.05) is 24.1 Å². The van der Waals surface area contributed by atoms with Crippen molar-refractivity contribution in [1.82, 2.24) is 4.90 Å². The van der Waals surface area contributed by atoms with Gasteiger partial charge in [0.2, 0.25) is 0 Å². The van der Waals surface area contributed by atoms with E-state index < -0.39 is 0 Å². The minimum absolute atomic E-state index is 0.515. The Bertz CT molecular complexity index is 463. The van der Waals surface area contributed by atoms with E-state index in [0.29, 0.717) is 6.54 Å². The zero-order valence-corrected chi connectivity index (χ0v) is 13.5. The highest BCUT2D eigenvalue weighted by Crippen LogP contribution is 2.30. The molecule has 0 saturated carbocycles. The molecule has 0 spiro atoms. The van der Waals surface area contributed by atoms with Gasteiger partial charge in [-0.15, -0.1) is 0 Å². The Morgan fingerprint density at radius 1 is 1.05 bits per heavy atom. The molecule has 3 nitrogen and oxygen atoms in total. The smallest absolute Gasteiger partial charge is 0.0471 e. The maximum atomic E-state index is 6.28. The summed E-state index contributed by atoms with van der Waals surface area (Å²) in [5, 5.41) is 0.799. The predicted octanol–water partition coefficient (Wildman–Crippen LogP) is 3.25. The average Bonchev–Trinajstić information content (AvgIpc) is 2.55.